The van der Waals surface area contributed by atoms with E-state index in [4.69, 9.17) is 10.00 Å². The van der Waals surface area contributed by atoms with Gasteiger partial charge in [-0.15, -0.1) is 0 Å². The number of rotatable bonds is 5. The normalized spacial score (nSPS) is 13.8. The summed E-state index contributed by atoms with van der Waals surface area (Å²) in [4.78, 5) is 0. The van der Waals surface area contributed by atoms with Crippen molar-refractivity contribution in [2.75, 3.05) is 13.2 Å². The molecule has 0 radical (unpaired) electrons. The molecule has 0 aliphatic heterocycles. The Morgan fingerprint density at radius 2 is 2.24 bits per heavy atom. The van der Waals surface area contributed by atoms with Crippen LogP contribution in [0.4, 0.5) is 4.39 Å². The van der Waals surface area contributed by atoms with Crippen molar-refractivity contribution in [1.29, 1.82) is 5.26 Å². The van der Waals surface area contributed by atoms with E-state index in [-0.39, 0.29) is 18.2 Å². The van der Waals surface area contributed by atoms with Crippen LogP contribution in [0.1, 0.15) is 19.4 Å². The first-order chi connectivity index (χ1) is 8.02. The maximum absolute atomic E-state index is 13.6. The van der Waals surface area contributed by atoms with Crippen LogP contribution in [0.3, 0.4) is 0 Å². The second-order valence-electron chi connectivity index (χ2n) is 4.15. The van der Waals surface area contributed by atoms with E-state index in [1.54, 1.807) is 32.0 Å². The first kappa shape index (κ1) is 13.5. The van der Waals surface area contributed by atoms with E-state index < -0.39 is 5.54 Å². The molecule has 0 fully saturated rings. The van der Waals surface area contributed by atoms with E-state index in [2.05, 4.69) is 11.4 Å². The van der Waals surface area contributed by atoms with Crippen molar-refractivity contribution < 1.29 is 9.13 Å². The van der Waals surface area contributed by atoms with E-state index in [1.807, 2.05) is 6.92 Å². The lowest BCUT2D eigenvalue weighted by atomic mass is 10.1. The molecule has 0 aromatic heterocycles. The van der Waals surface area contributed by atoms with E-state index in [9.17, 15) is 4.39 Å². The van der Waals surface area contributed by atoms with Gasteiger partial charge in [-0.3, -0.25) is 5.32 Å². The molecule has 0 amide bonds. The minimum absolute atomic E-state index is 0.109. The lowest BCUT2D eigenvalue weighted by Crippen LogP contribution is -2.46. The zero-order valence-corrected chi connectivity index (χ0v) is 10.4. The maximum atomic E-state index is 13.6. The molecule has 0 bridgehead atoms. The molecule has 0 heterocycles. The Balaban J connectivity index is 2.73. The van der Waals surface area contributed by atoms with Gasteiger partial charge in [-0.05, 0) is 32.0 Å². The average molecular weight is 236 g/mol. The van der Waals surface area contributed by atoms with E-state index in [0.29, 0.717) is 12.1 Å². The Labute approximate surface area is 101 Å². The zero-order valence-electron chi connectivity index (χ0n) is 10.4. The summed E-state index contributed by atoms with van der Waals surface area (Å²) in [7, 11) is 0. The molecular formula is C13H17FN2O. The maximum Gasteiger partial charge on any atom is 0.167 e. The second-order valence-corrected chi connectivity index (χ2v) is 4.15. The van der Waals surface area contributed by atoms with E-state index in [1.165, 1.54) is 0 Å². The van der Waals surface area contributed by atoms with Gasteiger partial charge in [0, 0.05) is 0 Å². The summed E-state index contributed by atoms with van der Waals surface area (Å²) in [6.45, 7) is 6.07. The van der Waals surface area contributed by atoms with Gasteiger partial charge in [0.25, 0.3) is 0 Å². The molecule has 0 aliphatic carbocycles. The summed E-state index contributed by atoms with van der Waals surface area (Å²) in [6, 6.07) is 7.09. The minimum atomic E-state index is -0.801. The van der Waals surface area contributed by atoms with Crippen molar-refractivity contribution in [3.05, 3.63) is 29.6 Å². The van der Waals surface area contributed by atoms with Crippen LogP contribution in [0, 0.1) is 24.1 Å². The highest BCUT2D eigenvalue weighted by atomic mass is 19.1. The van der Waals surface area contributed by atoms with E-state index >= 15 is 0 Å². The lowest BCUT2D eigenvalue weighted by molar-refractivity contribution is 0.227. The summed E-state index contributed by atoms with van der Waals surface area (Å²) < 4.78 is 19.0. The Bertz CT molecular complexity index is 428. The molecule has 17 heavy (non-hydrogen) atoms. The van der Waals surface area contributed by atoms with Crippen LogP contribution in [0.25, 0.3) is 0 Å². The highest BCUT2D eigenvalue weighted by molar-refractivity contribution is 5.30. The van der Waals surface area contributed by atoms with Crippen LogP contribution in [-0.2, 0) is 0 Å². The van der Waals surface area contributed by atoms with Gasteiger partial charge in [0.15, 0.2) is 11.6 Å². The van der Waals surface area contributed by atoms with Crippen molar-refractivity contribution in [3.63, 3.8) is 0 Å². The van der Waals surface area contributed by atoms with Gasteiger partial charge in [0.2, 0.25) is 0 Å². The molecule has 92 valence electrons. The Hall–Kier alpha value is -1.60. The quantitative estimate of drug-likeness (QED) is 0.853. The largest absolute Gasteiger partial charge is 0.487 e. The monoisotopic (exact) mass is 236 g/mol. The Kier molecular flexibility index (Phi) is 4.47. The number of aryl methyl sites for hydroxylation is 1. The van der Waals surface area contributed by atoms with Gasteiger partial charge >= 0.3 is 0 Å². The summed E-state index contributed by atoms with van der Waals surface area (Å²) in [5.41, 5.74) is -0.269. The molecule has 1 atom stereocenters. The highest BCUT2D eigenvalue weighted by Crippen LogP contribution is 2.20. The summed E-state index contributed by atoms with van der Waals surface area (Å²) in [5.74, 6) is -0.186. The topological polar surface area (TPSA) is 45.0 Å². The number of likely N-dealkylation sites (N-methyl/N-ethyl adjacent to an activating group) is 1. The van der Waals surface area contributed by atoms with Gasteiger partial charge in [0.1, 0.15) is 12.1 Å². The van der Waals surface area contributed by atoms with Crippen molar-refractivity contribution in [2.45, 2.75) is 26.3 Å². The standard InChI is InChI=1S/C13H17FN2O/c1-4-16-13(3,8-15)9-17-11-7-5-6-10(2)12(11)14/h5-7,16H,4,9H2,1-3H3. The fraction of sp³-hybridized carbons (Fsp3) is 0.462. The molecule has 1 N–H and O–H groups in total. The SMILES string of the molecule is CCNC(C)(C#N)COc1cccc(C)c1F. The van der Waals surface area contributed by atoms with Crippen molar-refractivity contribution in [2.24, 2.45) is 0 Å². The number of nitrogens with one attached hydrogen (secondary N) is 1. The van der Waals surface area contributed by atoms with Gasteiger partial charge in [-0.1, -0.05) is 19.1 Å². The average Bonchev–Trinajstić information content (AvgIpc) is 2.31. The Morgan fingerprint density at radius 1 is 1.53 bits per heavy atom. The van der Waals surface area contributed by atoms with Crippen LogP contribution in [0.15, 0.2) is 18.2 Å². The molecule has 0 saturated heterocycles. The molecule has 0 aliphatic rings. The van der Waals surface area contributed by atoms with Crippen LogP contribution >= 0.6 is 0 Å². The molecular weight excluding hydrogens is 219 g/mol. The third-order valence-corrected chi connectivity index (χ3v) is 2.49. The van der Waals surface area contributed by atoms with Gasteiger partial charge in [0.05, 0.1) is 6.07 Å². The fourth-order valence-corrected chi connectivity index (χ4v) is 1.47. The van der Waals surface area contributed by atoms with Crippen LogP contribution in [-0.4, -0.2) is 18.7 Å². The van der Waals surface area contributed by atoms with Gasteiger partial charge in [-0.25, -0.2) is 4.39 Å². The number of nitriles is 1. The van der Waals surface area contributed by atoms with Crippen molar-refractivity contribution in [1.82, 2.24) is 5.32 Å². The molecule has 3 nitrogen and oxygen atoms in total. The molecule has 0 spiro atoms. The molecule has 0 saturated carbocycles. The summed E-state index contributed by atoms with van der Waals surface area (Å²) >= 11 is 0. The number of halogens is 1. The van der Waals surface area contributed by atoms with Crippen LogP contribution in [0.2, 0.25) is 0 Å². The third kappa shape index (κ3) is 3.43. The third-order valence-electron chi connectivity index (χ3n) is 2.49. The first-order valence-corrected chi connectivity index (χ1v) is 5.56. The lowest BCUT2D eigenvalue weighted by Gasteiger charge is -2.22. The van der Waals surface area contributed by atoms with Crippen LogP contribution < -0.4 is 10.1 Å². The first-order valence-electron chi connectivity index (χ1n) is 5.56. The predicted octanol–water partition coefficient (Wildman–Crippen LogP) is 2.40. The number of hydrogen-bond donors (Lipinski definition) is 1. The smallest absolute Gasteiger partial charge is 0.167 e. The molecule has 1 aromatic carbocycles. The second kappa shape index (κ2) is 5.65. The number of benzene rings is 1. The number of ether oxygens (including phenoxy) is 1. The number of hydrogen-bond acceptors (Lipinski definition) is 3. The van der Waals surface area contributed by atoms with Gasteiger partial charge < -0.3 is 4.74 Å². The van der Waals surface area contributed by atoms with Gasteiger partial charge in [-0.2, -0.15) is 5.26 Å². The van der Waals surface area contributed by atoms with E-state index in [0.717, 1.165) is 0 Å². The summed E-state index contributed by atoms with van der Waals surface area (Å²) in [5, 5.41) is 12.0. The minimum Gasteiger partial charge on any atom is -0.487 e. The summed E-state index contributed by atoms with van der Waals surface area (Å²) in [6.07, 6.45) is 0. The van der Waals surface area contributed by atoms with Crippen molar-refractivity contribution in [3.8, 4) is 11.8 Å². The fourth-order valence-electron chi connectivity index (χ4n) is 1.47. The molecule has 4 heteroatoms. The highest BCUT2D eigenvalue weighted by Gasteiger charge is 2.24. The molecule has 1 aromatic rings. The van der Waals surface area contributed by atoms with Crippen molar-refractivity contribution >= 4 is 0 Å². The Morgan fingerprint density at radius 3 is 2.82 bits per heavy atom. The predicted molar refractivity (Wildman–Crippen MR) is 64.3 cm³/mol. The molecule has 1 rings (SSSR count). The zero-order chi connectivity index (χ0) is 12.9. The van der Waals surface area contributed by atoms with Crippen LogP contribution in [0.5, 0.6) is 5.75 Å². The molecule has 1 unspecified atom stereocenters. The number of nitrogens with zero attached hydrogens (tertiary/aromatic N) is 1.